The average Bonchev–Trinajstić information content (AvgIpc) is 2.82. The van der Waals surface area contributed by atoms with Crippen LogP contribution in [0.5, 0.6) is 0 Å². The highest BCUT2D eigenvalue weighted by Gasteiger charge is 2.54. The highest BCUT2D eigenvalue weighted by molar-refractivity contribution is 5.87. The van der Waals surface area contributed by atoms with E-state index in [4.69, 9.17) is 6.42 Å². The number of Topliss-reactive ketones (excluding diaryl/α,β-unsaturated/α-hetero) is 1. The second-order valence-electron chi connectivity index (χ2n) is 7.39. The molecule has 1 aromatic carbocycles. The van der Waals surface area contributed by atoms with Crippen molar-refractivity contribution in [3.63, 3.8) is 0 Å². The topological polar surface area (TPSA) is 17.1 Å². The molecule has 0 N–H and O–H groups in total. The third-order valence-corrected chi connectivity index (χ3v) is 6.60. The van der Waals surface area contributed by atoms with Crippen LogP contribution in [0.3, 0.4) is 0 Å². The highest BCUT2D eigenvalue weighted by atomic mass is 16.1. The zero-order valence-electron chi connectivity index (χ0n) is 12.7. The SMILES string of the molecule is C#Cc1ccc2c(c1)CC[C@@H]1[C@@H]2CC[C@]2(C)C(=O)CC[C@@H]12. The summed E-state index contributed by atoms with van der Waals surface area (Å²) < 4.78 is 0. The number of rotatable bonds is 0. The maximum absolute atomic E-state index is 12.3. The van der Waals surface area contributed by atoms with Crippen molar-refractivity contribution in [1.82, 2.24) is 0 Å². The molecule has 2 fully saturated rings. The Morgan fingerprint density at radius 3 is 2.90 bits per heavy atom. The van der Waals surface area contributed by atoms with E-state index < -0.39 is 0 Å². The van der Waals surface area contributed by atoms with Crippen LogP contribution in [0, 0.1) is 29.6 Å². The Bertz CT molecular complexity index is 650. The van der Waals surface area contributed by atoms with Crippen molar-refractivity contribution in [2.75, 3.05) is 0 Å². The monoisotopic (exact) mass is 278 g/mol. The molecule has 1 heteroatoms. The van der Waals surface area contributed by atoms with Gasteiger partial charge in [-0.05, 0) is 73.1 Å². The second kappa shape index (κ2) is 4.47. The van der Waals surface area contributed by atoms with Crippen LogP contribution in [-0.2, 0) is 11.2 Å². The van der Waals surface area contributed by atoms with Crippen LogP contribution in [-0.4, -0.2) is 5.78 Å². The van der Waals surface area contributed by atoms with Crippen LogP contribution in [0.2, 0.25) is 0 Å². The maximum Gasteiger partial charge on any atom is 0.139 e. The molecule has 108 valence electrons. The fourth-order valence-electron chi connectivity index (χ4n) is 5.44. The molecule has 0 aromatic heterocycles. The van der Waals surface area contributed by atoms with E-state index >= 15 is 0 Å². The number of hydrogen-bond donors (Lipinski definition) is 0. The van der Waals surface area contributed by atoms with E-state index in [-0.39, 0.29) is 5.41 Å². The van der Waals surface area contributed by atoms with Gasteiger partial charge < -0.3 is 0 Å². The predicted molar refractivity (Wildman–Crippen MR) is 84.0 cm³/mol. The van der Waals surface area contributed by atoms with Crippen molar-refractivity contribution in [2.45, 2.75) is 51.4 Å². The smallest absolute Gasteiger partial charge is 0.139 e. The number of carbonyl (C=O) groups excluding carboxylic acids is 1. The average molecular weight is 278 g/mol. The van der Waals surface area contributed by atoms with E-state index in [0.29, 0.717) is 23.5 Å². The Labute approximate surface area is 127 Å². The lowest BCUT2D eigenvalue weighted by Crippen LogP contribution is -2.42. The Balaban J connectivity index is 1.72. The maximum atomic E-state index is 12.3. The van der Waals surface area contributed by atoms with Gasteiger partial charge >= 0.3 is 0 Å². The molecule has 4 rings (SSSR count). The highest BCUT2D eigenvalue weighted by Crippen LogP contribution is 2.59. The van der Waals surface area contributed by atoms with Gasteiger partial charge in [0.05, 0.1) is 0 Å². The molecule has 0 bridgehead atoms. The first-order chi connectivity index (χ1) is 10.1. The van der Waals surface area contributed by atoms with Crippen molar-refractivity contribution in [1.29, 1.82) is 0 Å². The number of carbonyl (C=O) groups is 1. The van der Waals surface area contributed by atoms with Crippen LogP contribution >= 0.6 is 0 Å². The van der Waals surface area contributed by atoms with Gasteiger partial charge in [-0.15, -0.1) is 6.42 Å². The van der Waals surface area contributed by atoms with Gasteiger partial charge in [0, 0.05) is 17.4 Å². The van der Waals surface area contributed by atoms with Crippen LogP contribution in [0.15, 0.2) is 18.2 Å². The van der Waals surface area contributed by atoms with Crippen LogP contribution in [0.4, 0.5) is 0 Å². The molecule has 0 amide bonds. The van der Waals surface area contributed by atoms with E-state index in [1.54, 1.807) is 0 Å². The minimum Gasteiger partial charge on any atom is -0.299 e. The fourth-order valence-corrected chi connectivity index (χ4v) is 5.44. The summed E-state index contributed by atoms with van der Waals surface area (Å²) in [6.45, 7) is 2.24. The van der Waals surface area contributed by atoms with E-state index in [0.717, 1.165) is 31.2 Å². The zero-order chi connectivity index (χ0) is 14.6. The lowest BCUT2D eigenvalue weighted by Gasteiger charge is -2.48. The quantitative estimate of drug-likeness (QED) is 0.653. The Morgan fingerprint density at radius 1 is 1.24 bits per heavy atom. The number of terminal acetylenes is 1. The first kappa shape index (κ1) is 13.1. The van der Waals surface area contributed by atoms with Gasteiger partial charge in [-0.1, -0.05) is 18.9 Å². The van der Waals surface area contributed by atoms with Gasteiger partial charge in [-0.25, -0.2) is 0 Å². The van der Waals surface area contributed by atoms with Crippen LogP contribution < -0.4 is 0 Å². The molecule has 3 aliphatic carbocycles. The Hall–Kier alpha value is -1.55. The number of fused-ring (bicyclic) bond motifs is 5. The molecule has 0 aliphatic heterocycles. The first-order valence-electron chi connectivity index (χ1n) is 8.26. The third kappa shape index (κ3) is 1.75. The Morgan fingerprint density at radius 2 is 2.10 bits per heavy atom. The van der Waals surface area contributed by atoms with Gasteiger partial charge in [0.1, 0.15) is 5.78 Å². The molecule has 0 saturated heterocycles. The zero-order valence-corrected chi connectivity index (χ0v) is 12.7. The van der Waals surface area contributed by atoms with Crippen molar-refractivity contribution >= 4 is 5.78 Å². The fraction of sp³-hybridized carbons (Fsp3) is 0.550. The van der Waals surface area contributed by atoms with Crippen molar-refractivity contribution in [3.05, 3.63) is 34.9 Å². The summed E-state index contributed by atoms with van der Waals surface area (Å²) in [5.41, 5.74) is 3.97. The van der Waals surface area contributed by atoms with Crippen molar-refractivity contribution in [2.24, 2.45) is 17.3 Å². The van der Waals surface area contributed by atoms with E-state index in [1.165, 1.54) is 24.0 Å². The van der Waals surface area contributed by atoms with Gasteiger partial charge in [0.25, 0.3) is 0 Å². The standard InChI is InChI=1S/C20H22O/c1-3-13-4-6-15-14(12-13)5-7-17-16(15)10-11-20(2)18(17)8-9-19(20)21/h1,4,6,12,16-18H,5,7-11H2,2H3/t16-,17-,18+,20+/m1/s1. The van der Waals surface area contributed by atoms with Gasteiger partial charge in [-0.2, -0.15) is 0 Å². The molecule has 0 spiro atoms. The van der Waals surface area contributed by atoms with Gasteiger partial charge in [0.15, 0.2) is 0 Å². The van der Waals surface area contributed by atoms with Crippen LogP contribution in [0.1, 0.15) is 61.6 Å². The molecule has 0 heterocycles. The van der Waals surface area contributed by atoms with Crippen molar-refractivity contribution < 1.29 is 4.79 Å². The summed E-state index contributed by atoms with van der Waals surface area (Å²) >= 11 is 0. The van der Waals surface area contributed by atoms with E-state index in [2.05, 4.69) is 31.0 Å². The molecular weight excluding hydrogens is 256 g/mol. The van der Waals surface area contributed by atoms with E-state index in [9.17, 15) is 4.79 Å². The van der Waals surface area contributed by atoms with Gasteiger partial charge in [-0.3, -0.25) is 4.79 Å². The number of hydrogen-bond acceptors (Lipinski definition) is 1. The predicted octanol–water partition coefficient (Wildman–Crippen LogP) is 4.09. The lowest BCUT2D eigenvalue weighted by molar-refractivity contribution is -0.129. The molecule has 1 aromatic rings. The summed E-state index contributed by atoms with van der Waals surface area (Å²) in [6.07, 6.45) is 12.1. The molecule has 4 atom stereocenters. The minimum atomic E-state index is -0.0164. The largest absolute Gasteiger partial charge is 0.299 e. The first-order valence-corrected chi connectivity index (χ1v) is 8.26. The Kier molecular flexibility index (Phi) is 2.80. The number of aryl methyl sites for hydroxylation is 1. The molecule has 3 aliphatic rings. The normalized spacial score (nSPS) is 37.3. The summed E-state index contributed by atoms with van der Waals surface area (Å²) in [4.78, 5) is 12.3. The summed E-state index contributed by atoms with van der Waals surface area (Å²) in [5, 5.41) is 0. The summed E-state index contributed by atoms with van der Waals surface area (Å²) in [5.74, 6) is 5.26. The van der Waals surface area contributed by atoms with E-state index in [1.807, 2.05) is 0 Å². The second-order valence-corrected chi connectivity index (χ2v) is 7.39. The van der Waals surface area contributed by atoms with Crippen molar-refractivity contribution in [3.8, 4) is 12.3 Å². The summed E-state index contributed by atoms with van der Waals surface area (Å²) in [6, 6.07) is 6.56. The molecule has 2 saturated carbocycles. The molecule has 0 unspecified atom stereocenters. The molecule has 1 nitrogen and oxygen atoms in total. The minimum absolute atomic E-state index is 0.0164. The van der Waals surface area contributed by atoms with Crippen LogP contribution in [0.25, 0.3) is 0 Å². The summed E-state index contributed by atoms with van der Waals surface area (Å²) in [7, 11) is 0. The number of ketones is 1. The molecule has 0 radical (unpaired) electrons. The third-order valence-electron chi connectivity index (χ3n) is 6.60. The molecule has 21 heavy (non-hydrogen) atoms. The molecular formula is C20H22O. The number of benzene rings is 1. The van der Waals surface area contributed by atoms with Gasteiger partial charge in [0.2, 0.25) is 0 Å². The lowest BCUT2D eigenvalue weighted by atomic mass is 9.55.